The molecular weight excluding hydrogens is 244 g/mol. The Morgan fingerprint density at radius 2 is 1.60 bits per heavy atom. The van der Waals surface area contributed by atoms with E-state index in [2.05, 4.69) is 75.1 Å². The molecule has 2 aromatic rings. The maximum absolute atomic E-state index is 4.43. The van der Waals surface area contributed by atoms with Gasteiger partial charge in [-0.3, -0.25) is 0 Å². The van der Waals surface area contributed by atoms with Crippen LogP contribution < -0.4 is 0 Å². The van der Waals surface area contributed by atoms with Crippen LogP contribution in [0.2, 0.25) is 0 Å². The standard InChI is InChI=1S/C18H24N2/c1-12(2)17-11-15(5)18(20-19-17)10-14(4)16-8-6-13(3)7-9-16/h6-9,11-12,14H,10H2,1-5H3/t14-/m1/s1. The molecule has 1 aromatic carbocycles. The van der Waals surface area contributed by atoms with E-state index in [4.69, 9.17) is 0 Å². The second kappa shape index (κ2) is 6.17. The summed E-state index contributed by atoms with van der Waals surface area (Å²) in [6, 6.07) is 10.9. The second-order valence-electron chi connectivity index (χ2n) is 6.07. The highest BCUT2D eigenvalue weighted by molar-refractivity contribution is 5.27. The first-order chi connectivity index (χ1) is 9.47. The van der Waals surface area contributed by atoms with Crippen molar-refractivity contribution in [2.24, 2.45) is 0 Å². The molecule has 20 heavy (non-hydrogen) atoms. The molecule has 0 aliphatic heterocycles. The monoisotopic (exact) mass is 268 g/mol. The third-order valence-electron chi connectivity index (χ3n) is 3.84. The van der Waals surface area contributed by atoms with Crippen molar-refractivity contribution in [2.45, 2.75) is 52.9 Å². The number of aromatic nitrogens is 2. The molecule has 106 valence electrons. The van der Waals surface area contributed by atoms with Gasteiger partial charge in [-0.15, -0.1) is 0 Å². The van der Waals surface area contributed by atoms with Crippen molar-refractivity contribution < 1.29 is 0 Å². The smallest absolute Gasteiger partial charge is 0.0666 e. The van der Waals surface area contributed by atoms with Crippen LogP contribution in [0.15, 0.2) is 30.3 Å². The van der Waals surface area contributed by atoms with Gasteiger partial charge in [-0.1, -0.05) is 50.6 Å². The van der Waals surface area contributed by atoms with E-state index in [1.807, 2.05) is 0 Å². The fourth-order valence-electron chi connectivity index (χ4n) is 2.32. The summed E-state index contributed by atoms with van der Waals surface area (Å²) in [6.07, 6.45) is 0.945. The van der Waals surface area contributed by atoms with Crippen LogP contribution in [0.1, 0.15) is 60.7 Å². The van der Waals surface area contributed by atoms with Gasteiger partial charge in [0.25, 0.3) is 0 Å². The Kier molecular flexibility index (Phi) is 4.53. The highest BCUT2D eigenvalue weighted by Crippen LogP contribution is 2.22. The number of hydrogen-bond donors (Lipinski definition) is 0. The van der Waals surface area contributed by atoms with Gasteiger partial charge in [-0.05, 0) is 49.3 Å². The Hall–Kier alpha value is -1.70. The summed E-state index contributed by atoms with van der Waals surface area (Å²) in [4.78, 5) is 0. The van der Waals surface area contributed by atoms with E-state index in [9.17, 15) is 0 Å². The lowest BCUT2D eigenvalue weighted by atomic mass is 9.94. The number of hydrogen-bond acceptors (Lipinski definition) is 2. The van der Waals surface area contributed by atoms with E-state index < -0.39 is 0 Å². The molecular formula is C18H24N2. The van der Waals surface area contributed by atoms with Crippen LogP contribution in [0.5, 0.6) is 0 Å². The summed E-state index contributed by atoms with van der Waals surface area (Å²) in [7, 11) is 0. The minimum absolute atomic E-state index is 0.435. The van der Waals surface area contributed by atoms with Crippen molar-refractivity contribution >= 4 is 0 Å². The van der Waals surface area contributed by atoms with Crippen LogP contribution in [0.4, 0.5) is 0 Å². The first-order valence-electron chi connectivity index (χ1n) is 7.37. The molecule has 0 spiro atoms. The zero-order valence-electron chi connectivity index (χ0n) is 13.1. The zero-order valence-corrected chi connectivity index (χ0v) is 13.1. The minimum atomic E-state index is 0.435. The van der Waals surface area contributed by atoms with E-state index >= 15 is 0 Å². The molecule has 0 saturated heterocycles. The molecule has 1 aromatic heterocycles. The summed E-state index contributed by atoms with van der Waals surface area (Å²) in [5.74, 6) is 0.901. The van der Waals surface area contributed by atoms with Crippen molar-refractivity contribution in [3.05, 3.63) is 58.4 Å². The zero-order chi connectivity index (χ0) is 14.7. The van der Waals surface area contributed by atoms with Gasteiger partial charge in [-0.25, -0.2) is 0 Å². The van der Waals surface area contributed by atoms with Crippen molar-refractivity contribution in [1.82, 2.24) is 10.2 Å². The lowest BCUT2D eigenvalue weighted by molar-refractivity contribution is 0.700. The van der Waals surface area contributed by atoms with Gasteiger partial charge >= 0.3 is 0 Å². The fourth-order valence-corrected chi connectivity index (χ4v) is 2.32. The summed E-state index contributed by atoms with van der Waals surface area (Å²) < 4.78 is 0. The molecule has 0 fully saturated rings. The van der Waals surface area contributed by atoms with Crippen LogP contribution >= 0.6 is 0 Å². The first kappa shape index (κ1) is 14.7. The topological polar surface area (TPSA) is 25.8 Å². The van der Waals surface area contributed by atoms with Crippen molar-refractivity contribution in [3.8, 4) is 0 Å². The van der Waals surface area contributed by atoms with Gasteiger partial charge in [-0.2, -0.15) is 10.2 Å². The third kappa shape index (κ3) is 3.44. The van der Waals surface area contributed by atoms with E-state index in [1.54, 1.807) is 0 Å². The maximum atomic E-state index is 4.43. The van der Waals surface area contributed by atoms with Gasteiger partial charge in [0.05, 0.1) is 11.4 Å². The number of aryl methyl sites for hydroxylation is 2. The van der Waals surface area contributed by atoms with Gasteiger partial charge in [0.1, 0.15) is 0 Å². The van der Waals surface area contributed by atoms with Gasteiger partial charge in [0.15, 0.2) is 0 Å². The van der Waals surface area contributed by atoms with Gasteiger partial charge in [0.2, 0.25) is 0 Å². The molecule has 0 amide bonds. The molecule has 2 nitrogen and oxygen atoms in total. The second-order valence-corrected chi connectivity index (χ2v) is 6.07. The molecule has 0 unspecified atom stereocenters. The van der Waals surface area contributed by atoms with E-state index in [0.717, 1.165) is 17.8 Å². The Labute approximate surface area is 122 Å². The quantitative estimate of drug-likeness (QED) is 0.812. The molecule has 0 bridgehead atoms. The fraction of sp³-hybridized carbons (Fsp3) is 0.444. The van der Waals surface area contributed by atoms with E-state index in [0.29, 0.717) is 11.8 Å². The molecule has 1 heterocycles. The molecule has 0 saturated carbocycles. The number of benzene rings is 1. The number of nitrogens with zero attached hydrogens (tertiary/aromatic N) is 2. The van der Waals surface area contributed by atoms with E-state index in [1.165, 1.54) is 16.7 Å². The summed E-state index contributed by atoms with van der Waals surface area (Å²) >= 11 is 0. The minimum Gasteiger partial charge on any atom is -0.155 e. The molecule has 0 aliphatic carbocycles. The van der Waals surface area contributed by atoms with Crippen LogP contribution in [-0.2, 0) is 6.42 Å². The van der Waals surface area contributed by atoms with Crippen LogP contribution in [0.25, 0.3) is 0 Å². The van der Waals surface area contributed by atoms with Crippen LogP contribution in [0.3, 0.4) is 0 Å². The number of rotatable bonds is 4. The summed E-state index contributed by atoms with van der Waals surface area (Å²) in [5.41, 5.74) is 6.11. The highest BCUT2D eigenvalue weighted by Gasteiger charge is 2.11. The molecule has 2 heteroatoms. The van der Waals surface area contributed by atoms with Gasteiger partial charge < -0.3 is 0 Å². The van der Waals surface area contributed by atoms with Crippen molar-refractivity contribution in [1.29, 1.82) is 0 Å². The lowest BCUT2D eigenvalue weighted by Crippen LogP contribution is -2.06. The summed E-state index contributed by atoms with van der Waals surface area (Å²) in [5, 5.41) is 8.78. The van der Waals surface area contributed by atoms with Crippen molar-refractivity contribution in [3.63, 3.8) is 0 Å². The maximum Gasteiger partial charge on any atom is 0.0666 e. The van der Waals surface area contributed by atoms with Crippen LogP contribution in [0, 0.1) is 13.8 Å². The first-order valence-corrected chi connectivity index (χ1v) is 7.37. The van der Waals surface area contributed by atoms with Crippen molar-refractivity contribution in [2.75, 3.05) is 0 Å². The highest BCUT2D eigenvalue weighted by atomic mass is 15.1. The lowest BCUT2D eigenvalue weighted by Gasteiger charge is -2.14. The molecule has 0 aliphatic rings. The molecule has 1 atom stereocenters. The molecule has 0 N–H and O–H groups in total. The summed E-state index contributed by atoms with van der Waals surface area (Å²) in [6.45, 7) is 10.8. The average molecular weight is 268 g/mol. The van der Waals surface area contributed by atoms with Crippen LogP contribution in [-0.4, -0.2) is 10.2 Å². The SMILES string of the molecule is Cc1ccc([C@H](C)Cc2nnc(C(C)C)cc2C)cc1. The molecule has 2 rings (SSSR count). The Balaban J connectivity index is 2.15. The Morgan fingerprint density at radius 1 is 0.950 bits per heavy atom. The Bertz CT molecular complexity index is 570. The third-order valence-corrected chi connectivity index (χ3v) is 3.84. The normalized spacial score (nSPS) is 12.7. The predicted molar refractivity (Wildman–Crippen MR) is 84.2 cm³/mol. The Morgan fingerprint density at radius 3 is 2.15 bits per heavy atom. The molecule has 0 radical (unpaired) electrons. The average Bonchev–Trinajstić information content (AvgIpc) is 2.41. The predicted octanol–water partition coefficient (Wildman–Crippen LogP) is 4.56. The van der Waals surface area contributed by atoms with E-state index in [-0.39, 0.29) is 0 Å². The largest absolute Gasteiger partial charge is 0.155 e. The van der Waals surface area contributed by atoms with Gasteiger partial charge in [0, 0.05) is 0 Å².